The van der Waals surface area contributed by atoms with Crippen LogP contribution in [-0.2, 0) is 27.0 Å². The summed E-state index contributed by atoms with van der Waals surface area (Å²) in [4.78, 5) is 19.3. The van der Waals surface area contributed by atoms with Gasteiger partial charge in [-0.3, -0.25) is 9.78 Å². The van der Waals surface area contributed by atoms with Crippen molar-refractivity contribution >= 4 is 5.91 Å². The predicted molar refractivity (Wildman–Crippen MR) is 145 cm³/mol. The Kier molecular flexibility index (Phi) is 9.97. The van der Waals surface area contributed by atoms with E-state index in [1.807, 2.05) is 0 Å². The number of alkyl halides is 3. The van der Waals surface area contributed by atoms with Gasteiger partial charge >= 0.3 is 6.18 Å². The van der Waals surface area contributed by atoms with E-state index in [2.05, 4.69) is 15.3 Å². The van der Waals surface area contributed by atoms with E-state index in [-0.39, 0.29) is 24.1 Å². The van der Waals surface area contributed by atoms with Crippen LogP contribution in [-0.4, -0.2) is 96.4 Å². The van der Waals surface area contributed by atoms with Crippen molar-refractivity contribution in [1.29, 1.82) is 0 Å². The zero-order valence-corrected chi connectivity index (χ0v) is 24.3. The molecule has 2 aromatic heterocycles. The number of methoxy groups -OCH3 is 1. The molecule has 2 aliphatic rings. The second-order valence-electron chi connectivity index (χ2n) is 11.2. The number of hydrogen-bond donors (Lipinski definition) is 3. The molecule has 1 aliphatic heterocycles. The van der Waals surface area contributed by atoms with Gasteiger partial charge < -0.3 is 29.7 Å². The number of rotatable bonds is 8. The van der Waals surface area contributed by atoms with Gasteiger partial charge in [0.25, 0.3) is 5.91 Å². The summed E-state index contributed by atoms with van der Waals surface area (Å²) in [5, 5.41) is 39.8. The van der Waals surface area contributed by atoms with Gasteiger partial charge in [-0.25, -0.2) is 17.9 Å². The maximum atomic E-state index is 14.3. The minimum absolute atomic E-state index is 0.142. The third-order valence-electron chi connectivity index (χ3n) is 8.37. The fraction of sp³-hybridized carbons (Fsp3) is 0.517. The van der Waals surface area contributed by atoms with Crippen LogP contribution in [0.25, 0.3) is 11.3 Å². The Hall–Kier alpha value is -3.64. The molecular formula is C29H31F6N5O6. The second-order valence-corrected chi connectivity index (χ2v) is 11.2. The van der Waals surface area contributed by atoms with Crippen molar-refractivity contribution in [3.63, 3.8) is 0 Å². The summed E-state index contributed by atoms with van der Waals surface area (Å²) in [6.07, 6.45) is -7.91. The van der Waals surface area contributed by atoms with Crippen molar-refractivity contribution in [3.05, 3.63) is 65.4 Å². The van der Waals surface area contributed by atoms with Gasteiger partial charge in [0.05, 0.1) is 42.8 Å². The Morgan fingerprint density at radius 2 is 1.85 bits per heavy atom. The topological polar surface area (TPSA) is 143 Å². The van der Waals surface area contributed by atoms with Crippen LogP contribution in [0.15, 0.2) is 36.7 Å². The normalized spacial score (nSPS) is 27.0. The van der Waals surface area contributed by atoms with Crippen LogP contribution in [0.5, 0.6) is 0 Å². The van der Waals surface area contributed by atoms with E-state index in [1.54, 1.807) is 0 Å². The third-order valence-corrected chi connectivity index (χ3v) is 8.37. The Bertz CT molecular complexity index is 1520. The van der Waals surface area contributed by atoms with Gasteiger partial charge in [-0.05, 0) is 37.1 Å². The Morgan fingerprint density at radius 1 is 1.15 bits per heavy atom. The first-order valence-corrected chi connectivity index (χ1v) is 14.4. The average molecular weight is 660 g/mol. The molecule has 46 heavy (non-hydrogen) atoms. The lowest BCUT2D eigenvalue weighted by Crippen LogP contribution is -2.62. The second kappa shape index (κ2) is 13.6. The number of benzene rings is 1. The molecule has 11 nitrogen and oxygen atoms in total. The lowest BCUT2D eigenvalue weighted by Gasteiger charge is -2.46. The van der Waals surface area contributed by atoms with Gasteiger partial charge in [0.15, 0.2) is 23.6 Å². The molecule has 1 saturated carbocycles. The van der Waals surface area contributed by atoms with Gasteiger partial charge in [0.2, 0.25) is 0 Å². The number of nitrogens with zero attached hydrogens (tertiary/aromatic N) is 5. The fourth-order valence-electron chi connectivity index (χ4n) is 6.08. The molecule has 3 heterocycles. The lowest BCUT2D eigenvalue weighted by molar-refractivity contribution is -0.219. The van der Waals surface area contributed by atoms with Crippen LogP contribution in [0.1, 0.15) is 43.0 Å². The molecule has 7 atom stereocenters. The number of amides is 1. The average Bonchev–Trinajstić information content (AvgIpc) is 3.51. The molecule has 2 fully saturated rings. The highest BCUT2D eigenvalue weighted by Gasteiger charge is 2.52. The molecular weight excluding hydrogens is 628 g/mol. The zero-order valence-electron chi connectivity index (χ0n) is 24.3. The summed E-state index contributed by atoms with van der Waals surface area (Å²) >= 11 is 0. The fourth-order valence-corrected chi connectivity index (χ4v) is 6.08. The van der Waals surface area contributed by atoms with Crippen molar-refractivity contribution in [2.45, 2.75) is 81.0 Å². The molecule has 3 N–H and O–H groups in total. The van der Waals surface area contributed by atoms with Gasteiger partial charge in [-0.1, -0.05) is 18.1 Å². The van der Waals surface area contributed by atoms with Crippen molar-refractivity contribution < 1.29 is 55.9 Å². The number of aliphatic hydroxyl groups is 3. The van der Waals surface area contributed by atoms with E-state index in [0.717, 1.165) is 34.1 Å². The van der Waals surface area contributed by atoms with Crippen LogP contribution in [0, 0.1) is 17.5 Å². The molecule has 1 aromatic carbocycles. The third kappa shape index (κ3) is 6.60. The molecule has 1 saturated heterocycles. The summed E-state index contributed by atoms with van der Waals surface area (Å²) in [5.74, 6) is -5.57. The minimum Gasteiger partial charge on any atom is -0.394 e. The molecule has 0 radical (unpaired) electrons. The Morgan fingerprint density at radius 3 is 2.48 bits per heavy atom. The van der Waals surface area contributed by atoms with Crippen LogP contribution in [0.2, 0.25) is 0 Å². The molecule has 0 spiro atoms. The van der Waals surface area contributed by atoms with Crippen LogP contribution in [0.3, 0.4) is 0 Å². The molecule has 0 unspecified atom stereocenters. The summed E-state index contributed by atoms with van der Waals surface area (Å²) < 4.78 is 95.4. The smallest absolute Gasteiger partial charge is 0.394 e. The molecule has 250 valence electrons. The van der Waals surface area contributed by atoms with E-state index >= 15 is 0 Å². The quantitative estimate of drug-likeness (QED) is 0.246. The largest absolute Gasteiger partial charge is 0.418 e. The number of carbonyl (C=O) groups is 1. The number of hydrogen-bond acceptors (Lipinski definition) is 9. The summed E-state index contributed by atoms with van der Waals surface area (Å²) in [5.41, 5.74) is -1.88. The first-order chi connectivity index (χ1) is 21.8. The maximum absolute atomic E-state index is 14.3. The lowest BCUT2D eigenvalue weighted by atomic mass is 9.88. The molecule has 0 bridgehead atoms. The molecule has 17 heteroatoms. The van der Waals surface area contributed by atoms with E-state index in [4.69, 9.17) is 9.47 Å². The monoisotopic (exact) mass is 659 g/mol. The number of aliphatic hydroxyl groups excluding tert-OH is 3. The molecule has 1 amide bonds. The SMILES string of the molecule is CO[C@@H]1[C@@H](n2cc(-c3cc(F)c(F)c(F)c3)nn2)[C@@H](O)[C@@H](CO)O[C@H]1C(=O)N(Cc1ncccc1C(F)(F)F)[C@H]1CCCC[C@@H]1O. The summed E-state index contributed by atoms with van der Waals surface area (Å²) in [7, 11) is 1.18. The highest BCUT2D eigenvalue weighted by atomic mass is 19.4. The highest BCUT2D eigenvalue weighted by molar-refractivity contribution is 5.82. The number of ether oxygens (including phenoxy) is 2. The number of pyridine rings is 1. The molecule has 5 rings (SSSR count). The van der Waals surface area contributed by atoms with E-state index in [9.17, 15) is 46.5 Å². The van der Waals surface area contributed by atoms with Crippen LogP contribution >= 0.6 is 0 Å². The van der Waals surface area contributed by atoms with Gasteiger partial charge in [-0.2, -0.15) is 13.2 Å². The van der Waals surface area contributed by atoms with Crippen molar-refractivity contribution in [2.24, 2.45) is 0 Å². The maximum Gasteiger partial charge on any atom is 0.418 e. The van der Waals surface area contributed by atoms with Crippen LogP contribution in [0.4, 0.5) is 26.3 Å². The van der Waals surface area contributed by atoms with E-state index in [0.29, 0.717) is 25.0 Å². The Balaban J connectivity index is 1.53. The van der Waals surface area contributed by atoms with E-state index < -0.39 is 96.5 Å². The number of aromatic nitrogens is 4. The van der Waals surface area contributed by atoms with Gasteiger partial charge in [0.1, 0.15) is 30.0 Å². The van der Waals surface area contributed by atoms with Crippen molar-refractivity contribution in [1.82, 2.24) is 24.9 Å². The van der Waals surface area contributed by atoms with Crippen molar-refractivity contribution in [2.75, 3.05) is 13.7 Å². The Labute approximate surface area is 258 Å². The van der Waals surface area contributed by atoms with Gasteiger partial charge in [-0.15, -0.1) is 5.10 Å². The summed E-state index contributed by atoms with van der Waals surface area (Å²) in [6.45, 7) is -1.46. The predicted octanol–water partition coefficient (Wildman–Crippen LogP) is 2.79. The number of halogens is 6. The first-order valence-electron chi connectivity index (χ1n) is 14.4. The highest BCUT2D eigenvalue weighted by Crippen LogP contribution is 2.37. The molecule has 1 aliphatic carbocycles. The molecule has 3 aromatic rings. The first kappa shape index (κ1) is 33.7. The zero-order chi connectivity index (χ0) is 33.3. The standard InChI is InChI=1S/C29H31F6N5O6/c1-45-26-24(40-12-18(37-38-40)14-9-16(30)23(32)17(31)10-14)25(43)22(13-41)46-27(26)28(44)39(20-6-2-3-7-21(20)42)11-19-15(29(33,34)35)5-4-8-36-19/h4-5,8-10,12,20-22,24-27,41-43H,2-3,6-7,11,13H2,1H3/t20-,21-,22+,24-,25-,26+,27+/m0/s1. The van der Waals surface area contributed by atoms with Crippen molar-refractivity contribution in [3.8, 4) is 11.3 Å². The van der Waals surface area contributed by atoms with Crippen LogP contribution < -0.4 is 0 Å². The minimum atomic E-state index is -4.79. The van der Waals surface area contributed by atoms with E-state index in [1.165, 1.54) is 7.11 Å². The van der Waals surface area contributed by atoms with Gasteiger partial charge in [0, 0.05) is 18.9 Å². The number of carbonyl (C=O) groups excluding carboxylic acids is 1. The summed E-state index contributed by atoms with van der Waals surface area (Å²) in [6, 6.07) is 1.04.